The predicted octanol–water partition coefficient (Wildman–Crippen LogP) is 5.51. The summed E-state index contributed by atoms with van der Waals surface area (Å²) in [7, 11) is 0. The van der Waals surface area contributed by atoms with Gasteiger partial charge in [-0.1, -0.05) is 0 Å². The van der Waals surface area contributed by atoms with Gasteiger partial charge in [-0.2, -0.15) is 5.10 Å². The summed E-state index contributed by atoms with van der Waals surface area (Å²) in [5.41, 5.74) is 1.31. The summed E-state index contributed by atoms with van der Waals surface area (Å²) in [5.74, 6) is 1.13. The van der Waals surface area contributed by atoms with Crippen molar-refractivity contribution >= 4 is 27.7 Å². The molecule has 2 aliphatic heterocycles. The standard InChI is InChI=1S/C28H30BrFN4O4/c1-28(16-27(35)33-26-6-4-10-32-34-26)21-15-25(38-19-7-8-22(29)23(30)14-19)24(13-18(21)9-11-31-28)37-17-20-5-2-3-12-36-20/h4,6-8,10,13-15,20,31H,2-3,5,9,11-12,16-17H2,1H3,(H,33,34,35)/t20?,28-/m1/s1. The third-order valence-electron chi connectivity index (χ3n) is 6.85. The highest BCUT2D eigenvalue weighted by Crippen LogP contribution is 2.41. The molecule has 0 bridgehead atoms. The first kappa shape index (κ1) is 26.5. The van der Waals surface area contributed by atoms with Gasteiger partial charge in [-0.25, -0.2) is 4.39 Å². The molecule has 0 spiro atoms. The van der Waals surface area contributed by atoms with Crippen molar-refractivity contribution in [2.24, 2.45) is 0 Å². The maximum atomic E-state index is 14.3. The minimum atomic E-state index is -0.673. The smallest absolute Gasteiger partial charge is 0.227 e. The highest BCUT2D eigenvalue weighted by Gasteiger charge is 2.35. The number of benzene rings is 2. The number of aromatic nitrogens is 2. The third kappa shape index (κ3) is 6.31. The van der Waals surface area contributed by atoms with Crippen molar-refractivity contribution in [2.45, 2.75) is 50.7 Å². The second-order valence-electron chi connectivity index (χ2n) is 9.78. The van der Waals surface area contributed by atoms with E-state index < -0.39 is 11.4 Å². The number of hydrogen-bond acceptors (Lipinski definition) is 7. The number of carbonyl (C=O) groups is 1. The van der Waals surface area contributed by atoms with E-state index in [1.807, 2.05) is 19.1 Å². The van der Waals surface area contributed by atoms with Crippen molar-refractivity contribution in [3.05, 3.63) is 70.1 Å². The Morgan fingerprint density at radius 1 is 1.26 bits per heavy atom. The Morgan fingerprint density at radius 3 is 2.92 bits per heavy atom. The number of rotatable bonds is 8. The quantitative estimate of drug-likeness (QED) is 0.360. The van der Waals surface area contributed by atoms with E-state index in [4.69, 9.17) is 14.2 Å². The fourth-order valence-electron chi connectivity index (χ4n) is 4.91. The summed E-state index contributed by atoms with van der Waals surface area (Å²) in [6.45, 7) is 3.83. The molecule has 1 unspecified atom stereocenters. The van der Waals surface area contributed by atoms with Crippen LogP contribution in [0, 0.1) is 5.82 Å². The van der Waals surface area contributed by atoms with Crippen LogP contribution in [0.2, 0.25) is 0 Å². The van der Waals surface area contributed by atoms with Gasteiger partial charge < -0.3 is 24.8 Å². The predicted molar refractivity (Wildman–Crippen MR) is 144 cm³/mol. The Bertz CT molecular complexity index is 1290. The Hall–Kier alpha value is -3.08. The molecule has 5 rings (SSSR count). The number of fused-ring (bicyclic) bond motifs is 1. The SMILES string of the molecule is C[C@]1(CC(=O)Nc2cccnn2)NCCc2cc(OCC3CCCCO3)c(Oc3ccc(Br)c(F)c3)cc21. The van der Waals surface area contributed by atoms with Gasteiger partial charge in [0.05, 0.1) is 10.6 Å². The van der Waals surface area contributed by atoms with Crippen LogP contribution in [-0.2, 0) is 21.5 Å². The Balaban J connectivity index is 1.43. The van der Waals surface area contributed by atoms with Crippen LogP contribution in [-0.4, -0.2) is 42.0 Å². The van der Waals surface area contributed by atoms with Gasteiger partial charge in [0, 0.05) is 37.4 Å². The van der Waals surface area contributed by atoms with E-state index in [0.29, 0.717) is 40.7 Å². The lowest BCUT2D eigenvalue weighted by atomic mass is 9.81. The van der Waals surface area contributed by atoms with E-state index in [1.54, 1.807) is 30.5 Å². The van der Waals surface area contributed by atoms with Gasteiger partial charge in [0.1, 0.15) is 18.2 Å². The Kier molecular flexibility index (Phi) is 8.21. The molecule has 200 valence electrons. The normalized spacial score (nSPS) is 20.9. The summed E-state index contributed by atoms with van der Waals surface area (Å²) in [6, 6.07) is 11.9. The molecule has 2 atom stereocenters. The lowest BCUT2D eigenvalue weighted by Crippen LogP contribution is -2.47. The second kappa shape index (κ2) is 11.8. The zero-order chi connectivity index (χ0) is 26.5. The first-order valence-corrected chi connectivity index (χ1v) is 13.6. The van der Waals surface area contributed by atoms with Gasteiger partial charge in [0.15, 0.2) is 17.3 Å². The maximum absolute atomic E-state index is 14.3. The summed E-state index contributed by atoms with van der Waals surface area (Å²) >= 11 is 3.19. The lowest BCUT2D eigenvalue weighted by molar-refractivity contribution is -0.117. The molecule has 3 heterocycles. The molecule has 2 aliphatic rings. The van der Waals surface area contributed by atoms with Crippen molar-refractivity contribution in [1.82, 2.24) is 15.5 Å². The minimum Gasteiger partial charge on any atom is -0.487 e. The topological polar surface area (TPSA) is 94.6 Å². The molecule has 0 aliphatic carbocycles. The van der Waals surface area contributed by atoms with Crippen LogP contribution in [0.25, 0.3) is 0 Å². The van der Waals surface area contributed by atoms with Gasteiger partial charge in [0.2, 0.25) is 5.91 Å². The monoisotopic (exact) mass is 584 g/mol. The molecule has 0 radical (unpaired) electrons. The van der Waals surface area contributed by atoms with Gasteiger partial charge in [-0.05, 0) is 96.1 Å². The number of anilines is 1. The molecular weight excluding hydrogens is 555 g/mol. The van der Waals surface area contributed by atoms with Crippen LogP contribution in [0.4, 0.5) is 10.2 Å². The third-order valence-corrected chi connectivity index (χ3v) is 7.49. The first-order valence-electron chi connectivity index (χ1n) is 12.8. The number of halogens is 2. The zero-order valence-corrected chi connectivity index (χ0v) is 22.7. The van der Waals surface area contributed by atoms with Crippen LogP contribution in [0.3, 0.4) is 0 Å². The van der Waals surface area contributed by atoms with E-state index in [2.05, 4.69) is 36.8 Å². The molecule has 1 fully saturated rings. The minimum absolute atomic E-state index is 0.0227. The van der Waals surface area contributed by atoms with Crippen molar-refractivity contribution in [3.63, 3.8) is 0 Å². The number of ether oxygens (including phenoxy) is 3. The van der Waals surface area contributed by atoms with Crippen LogP contribution in [0.1, 0.15) is 43.7 Å². The van der Waals surface area contributed by atoms with Crippen LogP contribution in [0.5, 0.6) is 17.2 Å². The van der Waals surface area contributed by atoms with E-state index in [-0.39, 0.29) is 18.4 Å². The number of nitrogens with zero attached hydrogens (tertiary/aromatic N) is 2. The van der Waals surface area contributed by atoms with Crippen molar-refractivity contribution < 1.29 is 23.4 Å². The summed E-state index contributed by atoms with van der Waals surface area (Å²) < 4.78 is 32.8. The molecule has 1 saturated heterocycles. The summed E-state index contributed by atoms with van der Waals surface area (Å²) in [6.07, 6.45) is 5.63. The average molecular weight is 585 g/mol. The van der Waals surface area contributed by atoms with E-state index in [0.717, 1.165) is 43.4 Å². The lowest BCUT2D eigenvalue weighted by Gasteiger charge is -2.37. The number of nitrogens with one attached hydrogen (secondary N) is 2. The van der Waals surface area contributed by atoms with E-state index >= 15 is 0 Å². The first-order chi connectivity index (χ1) is 18.4. The fourth-order valence-corrected chi connectivity index (χ4v) is 5.15. The summed E-state index contributed by atoms with van der Waals surface area (Å²) in [5, 5.41) is 14.1. The molecule has 2 N–H and O–H groups in total. The van der Waals surface area contributed by atoms with Crippen LogP contribution < -0.4 is 20.1 Å². The van der Waals surface area contributed by atoms with Crippen molar-refractivity contribution in [2.75, 3.05) is 25.1 Å². The van der Waals surface area contributed by atoms with E-state index in [1.165, 1.54) is 6.07 Å². The average Bonchev–Trinajstić information content (AvgIpc) is 2.91. The molecule has 0 saturated carbocycles. The molecule has 10 heteroatoms. The Morgan fingerprint density at radius 2 is 2.16 bits per heavy atom. The van der Waals surface area contributed by atoms with Crippen LogP contribution >= 0.6 is 15.9 Å². The summed E-state index contributed by atoms with van der Waals surface area (Å²) in [4.78, 5) is 13.0. The molecule has 3 aromatic rings. The molecular formula is C28H30BrFN4O4. The van der Waals surface area contributed by atoms with Crippen molar-refractivity contribution in [1.29, 1.82) is 0 Å². The number of hydrogen-bond donors (Lipinski definition) is 2. The van der Waals surface area contributed by atoms with Gasteiger partial charge in [-0.3, -0.25) is 4.79 Å². The Labute approximate surface area is 229 Å². The molecule has 38 heavy (non-hydrogen) atoms. The van der Waals surface area contributed by atoms with Crippen molar-refractivity contribution in [3.8, 4) is 17.2 Å². The van der Waals surface area contributed by atoms with E-state index in [9.17, 15) is 9.18 Å². The number of carbonyl (C=O) groups excluding carboxylic acids is 1. The van der Waals surface area contributed by atoms with Gasteiger partial charge in [0.25, 0.3) is 0 Å². The molecule has 1 amide bonds. The van der Waals surface area contributed by atoms with Crippen LogP contribution in [0.15, 0.2) is 53.1 Å². The van der Waals surface area contributed by atoms with Gasteiger partial charge in [-0.15, -0.1) is 5.10 Å². The van der Waals surface area contributed by atoms with Gasteiger partial charge >= 0.3 is 0 Å². The second-order valence-corrected chi connectivity index (χ2v) is 10.6. The maximum Gasteiger partial charge on any atom is 0.227 e. The highest BCUT2D eigenvalue weighted by atomic mass is 79.9. The molecule has 8 nitrogen and oxygen atoms in total. The zero-order valence-electron chi connectivity index (χ0n) is 21.1. The number of amides is 1. The largest absolute Gasteiger partial charge is 0.487 e. The molecule has 2 aromatic carbocycles. The highest BCUT2D eigenvalue weighted by molar-refractivity contribution is 9.10. The molecule has 1 aromatic heterocycles. The fraction of sp³-hybridized carbons (Fsp3) is 0.393.